The monoisotopic (exact) mass is 562 g/mol. The lowest BCUT2D eigenvalue weighted by Crippen LogP contribution is -2.46. The number of amides is 1. The molecule has 2 aliphatic rings. The Bertz CT molecular complexity index is 826. The highest BCUT2D eigenvalue weighted by molar-refractivity contribution is 14.0. The quantitative estimate of drug-likeness (QED) is 0.231. The highest BCUT2D eigenvalue weighted by atomic mass is 127. The molecule has 1 heterocycles. The first-order valence-corrected chi connectivity index (χ1v) is 12.7. The van der Waals surface area contributed by atoms with Gasteiger partial charge in [-0.25, -0.2) is 8.42 Å². The zero-order chi connectivity index (χ0) is 21.4. The lowest BCUT2D eigenvalue weighted by atomic mass is 9.88. The van der Waals surface area contributed by atoms with Gasteiger partial charge >= 0.3 is 0 Å². The van der Waals surface area contributed by atoms with Crippen LogP contribution in [0.15, 0.2) is 40.2 Å². The summed E-state index contributed by atoms with van der Waals surface area (Å²) in [5.41, 5.74) is 0. The smallest absolute Gasteiger partial charge is 0.225 e. The average Bonchev–Trinajstić information content (AvgIpc) is 3.25. The normalized spacial score (nSPS) is 20.2. The Hall–Kier alpha value is -1.36. The summed E-state index contributed by atoms with van der Waals surface area (Å²) in [6, 6.07) is 8.72. The Balaban J connectivity index is 0.00000341. The number of hydrogen-bond acceptors (Lipinski definition) is 4. The van der Waals surface area contributed by atoms with E-state index in [2.05, 4.69) is 15.6 Å². The van der Waals surface area contributed by atoms with Crippen molar-refractivity contribution in [2.75, 3.05) is 32.4 Å². The predicted octanol–water partition coefficient (Wildman–Crippen LogP) is 2.81. The van der Waals surface area contributed by atoms with Crippen LogP contribution in [-0.2, 0) is 14.6 Å². The highest BCUT2D eigenvalue weighted by Gasteiger charge is 2.31. The number of hydrogen-bond donors (Lipinski definition) is 2. The zero-order valence-corrected chi connectivity index (χ0v) is 21.4. The van der Waals surface area contributed by atoms with Crippen LogP contribution < -0.4 is 10.6 Å². The molecule has 0 radical (unpaired) electrons. The third-order valence-electron chi connectivity index (χ3n) is 6.00. The molecule has 1 atom stereocenters. The molecule has 7 nitrogen and oxygen atoms in total. The molecule has 1 amide bonds. The maximum Gasteiger partial charge on any atom is 0.225 e. The van der Waals surface area contributed by atoms with E-state index in [1.54, 1.807) is 31.3 Å². The SMILES string of the molecule is CN=C(NCCCS(=O)(=O)c1ccccc1)NC1CCN(C(=O)C2CCCCC2)C1.I. The van der Waals surface area contributed by atoms with Gasteiger partial charge in [-0.05, 0) is 37.8 Å². The summed E-state index contributed by atoms with van der Waals surface area (Å²) in [6.07, 6.45) is 7.05. The second-order valence-electron chi connectivity index (χ2n) is 8.23. The molecule has 174 valence electrons. The highest BCUT2D eigenvalue weighted by Crippen LogP contribution is 2.26. The first kappa shape index (κ1) is 25.9. The summed E-state index contributed by atoms with van der Waals surface area (Å²) in [5.74, 6) is 1.27. The number of nitrogens with one attached hydrogen (secondary N) is 2. The van der Waals surface area contributed by atoms with Crippen molar-refractivity contribution in [2.24, 2.45) is 10.9 Å². The molecule has 1 aromatic rings. The molecule has 1 saturated heterocycles. The number of guanidine groups is 1. The van der Waals surface area contributed by atoms with Crippen LogP contribution in [0, 0.1) is 5.92 Å². The van der Waals surface area contributed by atoms with Gasteiger partial charge in [-0.2, -0.15) is 0 Å². The molecule has 0 aromatic heterocycles. The van der Waals surface area contributed by atoms with Crippen molar-refractivity contribution in [1.29, 1.82) is 0 Å². The summed E-state index contributed by atoms with van der Waals surface area (Å²) >= 11 is 0. The van der Waals surface area contributed by atoms with Crippen molar-refractivity contribution in [3.05, 3.63) is 30.3 Å². The molecule has 31 heavy (non-hydrogen) atoms. The first-order chi connectivity index (χ1) is 14.5. The molecule has 1 aliphatic carbocycles. The fourth-order valence-electron chi connectivity index (χ4n) is 4.29. The van der Waals surface area contributed by atoms with Crippen LogP contribution >= 0.6 is 24.0 Å². The minimum atomic E-state index is -3.26. The number of sulfone groups is 1. The number of likely N-dealkylation sites (tertiary alicyclic amines) is 1. The van der Waals surface area contributed by atoms with E-state index in [0.717, 1.165) is 25.8 Å². The molecular weight excluding hydrogens is 527 g/mol. The van der Waals surface area contributed by atoms with E-state index in [1.807, 2.05) is 11.0 Å². The average molecular weight is 563 g/mol. The Morgan fingerprint density at radius 3 is 2.52 bits per heavy atom. The summed E-state index contributed by atoms with van der Waals surface area (Å²) in [7, 11) is -1.56. The number of benzene rings is 1. The lowest BCUT2D eigenvalue weighted by molar-refractivity contribution is -0.135. The topological polar surface area (TPSA) is 90.9 Å². The molecule has 3 rings (SSSR count). The summed E-state index contributed by atoms with van der Waals surface area (Å²) in [4.78, 5) is 19.3. The number of nitrogens with zero attached hydrogens (tertiary/aromatic N) is 2. The Morgan fingerprint density at radius 2 is 1.84 bits per heavy atom. The second kappa shape index (κ2) is 12.6. The molecule has 1 aromatic carbocycles. The van der Waals surface area contributed by atoms with Crippen LogP contribution in [0.4, 0.5) is 0 Å². The van der Waals surface area contributed by atoms with Crippen molar-refractivity contribution in [3.8, 4) is 0 Å². The Kier molecular flexibility index (Phi) is 10.5. The van der Waals surface area contributed by atoms with Crippen molar-refractivity contribution in [1.82, 2.24) is 15.5 Å². The third kappa shape index (κ3) is 7.62. The van der Waals surface area contributed by atoms with Crippen LogP contribution in [0.25, 0.3) is 0 Å². The fourth-order valence-corrected chi connectivity index (χ4v) is 5.62. The number of carbonyl (C=O) groups is 1. The number of aliphatic imine (C=N–C) groups is 1. The van der Waals surface area contributed by atoms with E-state index in [4.69, 9.17) is 0 Å². The first-order valence-electron chi connectivity index (χ1n) is 11.0. The van der Waals surface area contributed by atoms with Crippen LogP contribution in [0.5, 0.6) is 0 Å². The Morgan fingerprint density at radius 1 is 1.13 bits per heavy atom. The maximum absolute atomic E-state index is 12.7. The molecule has 2 N–H and O–H groups in total. The molecule has 1 saturated carbocycles. The van der Waals surface area contributed by atoms with E-state index >= 15 is 0 Å². The lowest BCUT2D eigenvalue weighted by Gasteiger charge is -2.26. The molecule has 1 unspecified atom stereocenters. The van der Waals surface area contributed by atoms with Gasteiger partial charge in [0.1, 0.15) is 0 Å². The van der Waals surface area contributed by atoms with E-state index in [1.165, 1.54) is 19.3 Å². The van der Waals surface area contributed by atoms with Gasteiger partial charge in [-0.15, -0.1) is 24.0 Å². The van der Waals surface area contributed by atoms with Gasteiger partial charge in [-0.3, -0.25) is 9.79 Å². The number of rotatable bonds is 7. The summed E-state index contributed by atoms with van der Waals surface area (Å²) in [5, 5.41) is 6.58. The standard InChI is InChI=1S/C22H34N4O3S.HI/c1-23-22(24-14-8-16-30(28,29)20-11-6-3-7-12-20)25-19-13-15-26(17-19)21(27)18-9-4-2-5-10-18;/h3,6-7,11-12,18-19H,2,4-5,8-10,13-17H2,1H3,(H2,23,24,25);1H. The molecule has 9 heteroatoms. The minimum Gasteiger partial charge on any atom is -0.356 e. The zero-order valence-electron chi connectivity index (χ0n) is 18.3. The van der Waals surface area contributed by atoms with Crippen LogP contribution in [0.3, 0.4) is 0 Å². The second-order valence-corrected chi connectivity index (χ2v) is 10.3. The van der Waals surface area contributed by atoms with Gasteiger partial charge in [0.15, 0.2) is 15.8 Å². The van der Waals surface area contributed by atoms with E-state index in [-0.39, 0.29) is 41.7 Å². The van der Waals surface area contributed by atoms with Gasteiger partial charge in [0.2, 0.25) is 5.91 Å². The van der Waals surface area contributed by atoms with Gasteiger partial charge in [-0.1, -0.05) is 37.5 Å². The summed E-state index contributed by atoms with van der Waals surface area (Å²) < 4.78 is 24.7. The van der Waals surface area contributed by atoms with Crippen LogP contribution in [0.1, 0.15) is 44.9 Å². The van der Waals surface area contributed by atoms with E-state index < -0.39 is 9.84 Å². The van der Waals surface area contributed by atoms with Crippen molar-refractivity contribution >= 4 is 45.7 Å². The molecular formula is C22H35IN4O3S. The number of halogens is 1. The predicted molar refractivity (Wildman–Crippen MR) is 135 cm³/mol. The molecule has 0 spiro atoms. The van der Waals surface area contributed by atoms with Crippen molar-refractivity contribution in [3.63, 3.8) is 0 Å². The van der Waals surface area contributed by atoms with Gasteiger partial charge in [0, 0.05) is 38.6 Å². The maximum atomic E-state index is 12.7. The van der Waals surface area contributed by atoms with Crippen LogP contribution in [0.2, 0.25) is 0 Å². The van der Waals surface area contributed by atoms with Gasteiger partial charge < -0.3 is 15.5 Å². The van der Waals surface area contributed by atoms with E-state index in [9.17, 15) is 13.2 Å². The van der Waals surface area contributed by atoms with Crippen molar-refractivity contribution < 1.29 is 13.2 Å². The molecule has 2 fully saturated rings. The number of carbonyl (C=O) groups excluding carboxylic acids is 1. The van der Waals surface area contributed by atoms with Crippen molar-refractivity contribution in [2.45, 2.75) is 55.9 Å². The molecule has 1 aliphatic heterocycles. The van der Waals surface area contributed by atoms with Crippen LogP contribution in [-0.4, -0.2) is 63.7 Å². The van der Waals surface area contributed by atoms with Gasteiger partial charge in [0.05, 0.1) is 10.6 Å². The van der Waals surface area contributed by atoms with Gasteiger partial charge in [0.25, 0.3) is 0 Å². The van der Waals surface area contributed by atoms with E-state index in [0.29, 0.717) is 36.3 Å². The fraction of sp³-hybridized carbons (Fsp3) is 0.636. The minimum absolute atomic E-state index is 0. The Labute approximate surface area is 203 Å². The molecule has 0 bridgehead atoms. The largest absolute Gasteiger partial charge is 0.356 e. The summed E-state index contributed by atoms with van der Waals surface area (Å²) in [6.45, 7) is 2.01. The third-order valence-corrected chi connectivity index (χ3v) is 7.82.